The topological polar surface area (TPSA) is 113 Å². The highest BCUT2D eigenvalue weighted by molar-refractivity contribution is 8.01. The molecule has 0 saturated carbocycles. The second-order valence-corrected chi connectivity index (χ2v) is 7.87. The van der Waals surface area contributed by atoms with E-state index in [9.17, 15) is 10.4 Å². The van der Waals surface area contributed by atoms with Gasteiger partial charge in [0.2, 0.25) is 5.13 Å². The summed E-state index contributed by atoms with van der Waals surface area (Å²) < 4.78 is 2.66. The molecular formula is C16H19N7OS2. The Bertz CT molecular complexity index is 849. The SMILES string of the molecule is C=CCNc1nnc(SC/C(O)=C(\C#N)c2nnc3n2CCCCC3)s1. The number of rotatable bonds is 7. The van der Waals surface area contributed by atoms with Crippen LogP contribution in [-0.2, 0) is 13.0 Å². The Labute approximate surface area is 159 Å². The van der Waals surface area contributed by atoms with E-state index in [1.54, 1.807) is 6.08 Å². The standard InChI is InChI=1S/C16H19N7OS2/c1-2-7-18-15-21-22-16(26-15)25-10-12(24)11(9-17)14-20-19-13-6-4-3-5-8-23(13)14/h2,24H,1,3-8,10H2,(H,18,21)/b12-11-. The van der Waals surface area contributed by atoms with Crippen molar-refractivity contribution in [3.05, 3.63) is 30.1 Å². The van der Waals surface area contributed by atoms with Gasteiger partial charge in [0.25, 0.3) is 0 Å². The van der Waals surface area contributed by atoms with Crippen LogP contribution in [-0.4, -0.2) is 42.4 Å². The van der Waals surface area contributed by atoms with E-state index in [0.29, 0.717) is 21.8 Å². The number of aryl methyl sites for hydroxylation is 1. The van der Waals surface area contributed by atoms with Gasteiger partial charge in [-0.15, -0.1) is 27.0 Å². The Kier molecular flexibility index (Phi) is 6.25. The van der Waals surface area contributed by atoms with Gasteiger partial charge in [-0.25, -0.2) is 0 Å². The number of allylic oxidation sites excluding steroid dienone is 1. The summed E-state index contributed by atoms with van der Waals surface area (Å²) in [7, 11) is 0. The number of thioether (sulfide) groups is 1. The van der Waals surface area contributed by atoms with Crippen molar-refractivity contribution in [3.63, 3.8) is 0 Å². The van der Waals surface area contributed by atoms with Gasteiger partial charge < -0.3 is 15.0 Å². The number of hydrogen-bond acceptors (Lipinski definition) is 9. The predicted octanol–water partition coefficient (Wildman–Crippen LogP) is 3.04. The number of nitriles is 1. The third-order valence-corrected chi connectivity index (χ3v) is 5.90. The molecule has 0 fully saturated rings. The van der Waals surface area contributed by atoms with Crippen molar-refractivity contribution in [2.24, 2.45) is 0 Å². The van der Waals surface area contributed by atoms with Gasteiger partial charge in [-0.3, -0.25) is 0 Å². The Morgan fingerprint density at radius 2 is 2.23 bits per heavy atom. The van der Waals surface area contributed by atoms with E-state index in [-0.39, 0.29) is 17.1 Å². The minimum absolute atomic E-state index is 0.0206. The molecule has 0 aliphatic carbocycles. The average Bonchev–Trinajstić information content (AvgIpc) is 3.19. The van der Waals surface area contributed by atoms with Crippen molar-refractivity contribution < 1.29 is 5.11 Å². The van der Waals surface area contributed by atoms with Crippen LogP contribution in [0.25, 0.3) is 5.57 Å². The molecule has 0 unspecified atom stereocenters. The number of nitrogens with zero attached hydrogens (tertiary/aromatic N) is 6. The number of aliphatic hydroxyl groups is 1. The van der Waals surface area contributed by atoms with E-state index in [1.165, 1.54) is 23.1 Å². The van der Waals surface area contributed by atoms with Gasteiger partial charge in [0.1, 0.15) is 23.2 Å². The molecule has 1 aliphatic rings. The zero-order valence-corrected chi connectivity index (χ0v) is 15.8. The molecule has 0 saturated heterocycles. The summed E-state index contributed by atoms with van der Waals surface area (Å²) >= 11 is 2.72. The summed E-state index contributed by atoms with van der Waals surface area (Å²) in [5, 5.41) is 40.1. The second kappa shape index (κ2) is 8.82. The molecule has 0 spiro atoms. The Morgan fingerprint density at radius 1 is 1.35 bits per heavy atom. The number of nitrogens with one attached hydrogen (secondary N) is 1. The van der Waals surface area contributed by atoms with Gasteiger partial charge in [-0.05, 0) is 12.8 Å². The molecule has 2 aromatic rings. The molecule has 2 aromatic heterocycles. The van der Waals surface area contributed by atoms with E-state index in [0.717, 1.165) is 38.1 Å². The maximum atomic E-state index is 10.4. The Balaban J connectivity index is 1.73. The van der Waals surface area contributed by atoms with E-state index in [2.05, 4.69) is 38.4 Å². The van der Waals surface area contributed by atoms with Crippen molar-refractivity contribution in [2.45, 2.75) is 36.6 Å². The molecule has 26 heavy (non-hydrogen) atoms. The summed E-state index contributed by atoms with van der Waals surface area (Å²) in [5.74, 6) is 1.54. The fraction of sp³-hybridized carbons (Fsp3) is 0.438. The zero-order valence-electron chi connectivity index (χ0n) is 14.2. The Hall–Kier alpha value is -2.38. The van der Waals surface area contributed by atoms with Crippen molar-refractivity contribution in [1.29, 1.82) is 5.26 Å². The van der Waals surface area contributed by atoms with Gasteiger partial charge in [0, 0.05) is 19.5 Å². The fourth-order valence-electron chi connectivity index (χ4n) is 2.61. The van der Waals surface area contributed by atoms with Crippen LogP contribution >= 0.6 is 23.1 Å². The molecule has 0 atom stereocenters. The van der Waals surface area contributed by atoms with Crippen LogP contribution in [0.5, 0.6) is 0 Å². The molecule has 3 heterocycles. The van der Waals surface area contributed by atoms with Gasteiger partial charge in [0.05, 0.1) is 5.75 Å². The normalized spacial score (nSPS) is 14.7. The van der Waals surface area contributed by atoms with Gasteiger partial charge in [-0.2, -0.15) is 5.26 Å². The highest BCUT2D eigenvalue weighted by atomic mass is 32.2. The third-order valence-electron chi connectivity index (χ3n) is 3.87. The van der Waals surface area contributed by atoms with Crippen LogP contribution in [0.15, 0.2) is 22.8 Å². The van der Waals surface area contributed by atoms with Crippen LogP contribution < -0.4 is 5.32 Å². The zero-order chi connectivity index (χ0) is 18.4. The number of aliphatic hydroxyl groups excluding tert-OH is 1. The molecule has 0 bridgehead atoms. The van der Waals surface area contributed by atoms with Gasteiger partial charge >= 0.3 is 0 Å². The van der Waals surface area contributed by atoms with Crippen LogP contribution in [0.3, 0.4) is 0 Å². The first-order valence-corrected chi connectivity index (χ1v) is 10.1. The molecule has 3 rings (SSSR count). The highest BCUT2D eigenvalue weighted by Gasteiger charge is 2.21. The molecule has 0 radical (unpaired) electrons. The minimum atomic E-state index is -0.0206. The first-order valence-electron chi connectivity index (χ1n) is 8.28. The maximum absolute atomic E-state index is 10.4. The lowest BCUT2D eigenvalue weighted by atomic mass is 10.2. The highest BCUT2D eigenvalue weighted by Crippen LogP contribution is 2.28. The summed E-state index contributed by atoms with van der Waals surface area (Å²) in [6.45, 7) is 5.03. The number of hydrogen-bond donors (Lipinski definition) is 2. The van der Waals surface area contributed by atoms with E-state index in [1.807, 2.05) is 4.57 Å². The first-order chi connectivity index (χ1) is 12.7. The monoisotopic (exact) mass is 389 g/mol. The summed E-state index contributed by atoms with van der Waals surface area (Å²) in [5.41, 5.74) is 0.174. The molecule has 0 amide bonds. The second-order valence-electron chi connectivity index (χ2n) is 5.67. The fourth-order valence-corrected chi connectivity index (χ4v) is 4.25. The van der Waals surface area contributed by atoms with E-state index in [4.69, 9.17) is 0 Å². The molecule has 10 heteroatoms. The largest absolute Gasteiger partial charge is 0.510 e. The average molecular weight is 390 g/mol. The Morgan fingerprint density at radius 3 is 3.04 bits per heavy atom. The number of anilines is 1. The molecule has 1 aliphatic heterocycles. The quantitative estimate of drug-likeness (QED) is 0.322. The van der Waals surface area contributed by atoms with Crippen molar-refractivity contribution in [3.8, 4) is 6.07 Å². The lowest BCUT2D eigenvalue weighted by Gasteiger charge is -2.07. The molecule has 0 aromatic carbocycles. The predicted molar refractivity (Wildman–Crippen MR) is 102 cm³/mol. The van der Waals surface area contributed by atoms with Crippen LogP contribution in [0.4, 0.5) is 5.13 Å². The number of aromatic nitrogens is 5. The first kappa shape index (κ1) is 18.4. The van der Waals surface area contributed by atoms with Crippen molar-refractivity contribution in [1.82, 2.24) is 25.0 Å². The van der Waals surface area contributed by atoms with E-state index >= 15 is 0 Å². The smallest absolute Gasteiger partial charge is 0.206 e. The van der Waals surface area contributed by atoms with Crippen molar-refractivity contribution in [2.75, 3.05) is 17.6 Å². The van der Waals surface area contributed by atoms with E-state index < -0.39 is 0 Å². The van der Waals surface area contributed by atoms with Gasteiger partial charge in [-0.1, -0.05) is 35.6 Å². The summed E-state index contributed by atoms with van der Waals surface area (Å²) in [6, 6.07) is 2.08. The molecule has 136 valence electrons. The molecule has 2 N–H and O–H groups in total. The number of fused-ring (bicyclic) bond motifs is 1. The third kappa shape index (κ3) is 4.23. The van der Waals surface area contributed by atoms with Crippen LogP contribution in [0.2, 0.25) is 0 Å². The molecular weight excluding hydrogens is 370 g/mol. The van der Waals surface area contributed by atoms with Crippen LogP contribution in [0.1, 0.15) is 30.9 Å². The minimum Gasteiger partial charge on any atom is -0.510 e. The van der Waals surface area contributed by atoms with Crippen molar-refractivity contribution >= 4 is 33.8 Å². The lowest BCUT2D eigenvalue weighted by Crippen LogP contribution is -2.07. The summed E-state index contributed by atoms with van der Waals surface area (Å²) in [6.07, 6.45) is 5.83. The lowest BCUT2D eigenvalue weighted by molar-refractivity contribution is 0.420. The van der Waals surface area contributed by atoms with Gasteiger partial charge in [0.15, 0.2) is 10.2 Å². The summed E-state index contributed by atoms with van der Waals surface area (Å²) in [4.78, 5) is 0. The van der Waals surface area contributed by atoms with Crippen LogP contribution in [0, 0.1) is 11.3 Å². The maximum Gasteiger partial charge on any atom is 0.206 e. The molecule has 8 nitrogen and oxygen atoms in total.